The van der Waals surface area contributed by atoms with Crippen LogP contribution in [0.5, 0.6) is 0 Å². The molecular formula is C18H31N3OS. The molecule has 1 aromatic rings. The van der Waals surface area contributed by atoms with Crippen LogP contribution in [-0.4, -0.2) is 48.4 Å². The Morgan fingerprint density at radius 2 is 2.09 bits per heavy atom. The fourth-order valence-corrected chi connectivity index (χ4v) is 4.26. The lowest BCUT2D eigenvalue weighted by Gasteiger charge is -2.30. The van der Waals surface area contributed by atoms with E-state index in [0.29, 0.717) is 18.4 Å². The molecule has 1 heterocycles. The fraction of sp³-hybridized carbons (Fsp3) is 0.722. The molecule has 0 saturated heterocycles. The van der Waals surface area contributed by atoms with E-state index in [1.807, 2.05) is 0 Å². The van der Waals surface area contributed by atoms with Crippen molar-refractivity contribution in [2.45, 2.75) is 39.7 Å². The van der Waals surface area contributed by atoms with Gasteiger partial charge in [0.25, 0.3) is 0 Å². The van der Waals surface area contributed by atoms with Gasteiger partial charge in [-0.25, -0.2) is 0 Å². The number of hydrogen-bond donors (Lipinski definition) is 1. The standard InChI is InChI=1S/C18H31N3OS/c1-3-20(4-2)10-11-21(14-16-8-6-12-23-16)18(22)17-9-5-7-15(17)13-19/h6,8,12,15,17H,3-5,7,9-11,13-14,19H2,1-2H3/t15-,17-/m1/s1. The first-order valence-electron chi connectivity index (χ1n) is 8.93. The lowest BCUT2D eigenvalue weighted by atomic mass is 9.94. The Hall–Kier alpha value is -0.910. The van der Waals surface area contributed by atoms with Crippen molar-refractivity contribution >= 4 is 17.2 Å². The number of thiophene rings is 1. The quantitative estimate of drug-likeness (QED) is 0.754. The summed E-state index contributed by atoms with van der Waals surface area (Å²) in [5, 5.41) is 2.08. The Kier molecular flexibility index (Phi) is 7.53. The Morgan fingerprint density at radius 1 is 1.30 bits per heavy atom. The van der Waals surface area contributed by atoms with Gasteiger partial charge < -0.3 is 15.5 Å². The summed E-state index contributed by atoms with van der Waals surface area (Å²) in [7, 11) is 0. The summed E-state index contributed by atoms with van der Waals surface area (Å²) >= 11 is 1.73. The highest BCUT2D eigenvalue weighted by atomic mass is 32.1. The minimum Gasteiger partial charge on any atom is -0.336 e. The first kappa shape index (κ1) is 18.4. The van der Waals surface area contributed by atoms with Crippen molar-refractivity contribution in [3.8, 4) is 0 Å². The highest BCUT2D eigenvalue weighted by Gasteiger charge is 2.34. The first-order valence-corrected chi connectivity index (χ1v) is 9.81. The largest absolute Gasteiger partial charge is 0.336 e. The van der Waals surface area contributed by atoms with Crippen LogP contribution in [0.25, 0.3) is 0 Å². The summed E-state index contributed by atoms with van der Waals surface area (Å²) in [6.45, 7) is 9.56. The third-order valence-corrected chi connectivity index (χ3v) is 5.96. The summed E-state index contributed by atoms with van der Waals surface area (Å²) in [6, 6.07) is 4.18. The minimum atomic E-state index is 0.136. The Labute approximate surface area is 144 Å². The number of nitrogens with zero attached hydrogens (tertiary/aromatic N) is 2. The third kappa shape index (κ3) is 5.03. The number of nitrogens with two attached hydrogens (primary N) is 1. The van der Waals surface area contributed by atoms with Gasteiger partial charge in [-0.1, -0.05) is 26.3 Å². The minimum absolute atomic E-state index is 0.136. The van der Waals surface area contributed by atoms with Crippen LogP contribution in [-0.2, 0) is 11.3 Å². The van der Waals surface area contributed by atoms with Crippen LogP contribution in [0.3, 0.4) is 0 Å². The number of carbonyl (C=O) groups excluding carboxylic acids is 1. The third-order valence-electron chi connectivity index (χ3n) is 5.10. The molecule has 0 bridgehead atoms. The van der Waals surface area contributed by atoms with Crippen LogP contribution in [0.4, 0.5) is 0 Å². The second kappa shape index (κ2) is 9.40. The average Bonchev–Trinajstić information content (AvgIpc) is 3.25. The van der Waals surface area contributed by atoms with Crippen LogP contribution in [0, 0.1) is 11.8 Å². The van der Waals surface area contributed by atoms with Gasteiger partial charge >= 0.3 is 0 Å². The Bertz CT molecular complexity index is 459. The number of carbonyl (C=O) groups is 1. The van der Waals surface area contributed by atoms with Gasteiger partial charge in [-0.3, -0.25) is 4.79 Å². The molecular weight excluding hydrogens is 306 g/mol. The topological polar surface area (TPSA) is 49.6 Å². The molecule has 1 aromatic heterocycles. The molecule has 1 aliphatic carbocycles. The van der Waals surface area contributed by atoms with Gasteiger partial charge in [-0.05, 0) is 49.8 Å². The molecule has 1 amide bonds. The van der Waals surface area contributed by atoms with Crippen molar-refractivity contribution in [3.63, 3.8) is 0 Å². The molecule has 0 aliphatic heterocycles. The van der Waals surface area contributed by atoms with Crippen molar-refractivity contribution in [1.82, 2.24) is 9.80 Å². The van der Waals surface area contributed by atoms with E-state index in [0.717, 1.165) is 52.0 Å². The normalized spacial score (nSPS) is 21.0. The molecule has 0 radical (unpaired) electrons. The van der Waals surface area contributed by atoms with Gasteiger partial charge in [0.2, 0.25) is 5.91 Å². The number of amides is 1. The summed E-state index contributed by atoms with van der Waals surface area (Å²) < 4.78 is 0. The van der Waals surface area contributed by atoms with Gasteiger partial charge in [0.1, 0.15) is 0 Å². The summed E-state index contributed by atoms with van der Waals surface area (Å²) in [4.78, 5) is 18.8. The zero-order valence-corrected chi connectivity index (χ0v) is 15.4. The van der Waals surface area contributed by atoms with Gasteiger partial charge in [-0.2, -0.15) is 0 Å². The SMILES string of the molecule is CCN(CC)CCN(Cc1cccs1)C(=O)[C@@H]1CCC[C@@H]1CN. The maximum absolute atomic E-state index is 13.1. The van der Waals surface area contributed by atoms with Gasteiger partial charge in [0.05, 0.1) is 6.54 Å². The molecule has 2 atom stereocenters. The lowest BCUT2D eigenvalue weighted by molar-refractivity contribution is -0.137. The average molecular weight is 338 g/mol. The van der Waals surface area contributed by atoms with Crippen LogP contribution < -0.4 is 5.73 Å². The highest BCUT2D eigenvalue weighted by Crippen LogP contribution is 2.32. The van der Waals surface area contributed by atoms with Crippen LogP contribution in [0.2, 0.25) is 0 Å². The second-order valence-corrected chi connectivity index (χ2v) is 7.43. The van der Waals surface area contributed by atoms with Gasteiger partial charge in [0, 0.05) is 23.9 Å². The van der Waals surface area contributed by atoms with Crippen molar-refractivity contribution in [1.29, 1.82) is 0 Å². The maximum atomic E-state index is 13.1. The zero-order valence-electron chi connectivity index (χ0n) is 14.5. The van der Waals surface area contributed by atoms with E-state index < -0.39 is 0 Å². The molecule has 1 fully saturated rings. The van der Waals surface area contributed by atoms with E-state index in [2.05, 4.69) is 41.2 Å². The maximum Gasteiger partial charge on any atom is 0.226 e. The Morgan fingerprint density at radius 3 is 2.70 bits per heavy atom. The molecule has 1 aliphatic rings. The van der Waals surface area contributed by atoms with Gasteiger partial charge in [-0.15, -0.1) is 11.3 Å². The molecule has 0 unspecified atom stereocenters. The van der Waals surface area contributed by atoms with Crippen molar-refractivity contribution in [3.05, 3.63) is 22.4 Å². The van der Waals surface area contributed by atoms with E-state index in [-0.39, 0.29) is 5.92 Å². The molecule has 2 rings (SSSR count). The molecule has 130 valence electrons. The monoisotopic (exact) mass is 337 g/mol. The number of likely N-dealkylation sites (N-methyl/N-ethyl adjacent to an activating group) is 1. The molecule has 2 N–H and O–H groups in total. The smallest absolute Gasteiger partial charge is 0.226 e. The van der Waals surface area contributed by atoms with Gasteiger partial charge in [0.15, 0.2) is 0 Å². The second-order valence-electron chi connectivity index (χ2n) is 6.40. The first-order chi connectivity index (χ1) is 11.2. The molecule has 5 heteroatoms. The molecule has 0 aromatic carbocycles. The highest BCUT2D eigenvalue weighted by molar-refractivity contribution is 7.09. The van der Waals surface area contributed by atoms with Crippen molar-refractivity contribution in [2.24, 2.45) is 17.6 Å². The summed E-state index contributed by atoms with van der Waals surface area (Å²) in [6.07, 6.45) is 3.25. The summed E-state index contributed by atoms with van der Waals surface area (Å²) in [5.74, 6) is 0.831. The fourth-order valence-electron chi connectivity index (χ4n) is 3.54. The number of hydrogen-bond acceptors (Lipinski definition) is 4. The predicted octanol–water partition coefficient (Wildman–Crippen LogP) is 2.79. The molecule has 1 saturated carbocycles. The predicted molar refractivity (Wildman–Crippen MR) is 97.4 cm³/mol. The summed E-state index contributed by atoms with van der Waals surface area (Å²) in [5.41, 5.74) is 5.89. The van der Waals surface area contributed by atoms with Crippen LogP contribution in [0.1, 0.15) is 38.0 Å². The Balaban J connectivity index is 2.03. The molecule has 23 heavy (non-hydrogen) atoms. The zero-order chi connectivity index (χ0) is 16.7. The van der Waals surface area contributed by atoms with Crippen molar-refractivity contribution in [2.75, 3.05) is 32.7 Å². The van der Waals surface area contributed by atoms with E-state index in [1.165, 1.54) is 4.88 Å². The molecule has 4 nitrogen and oxygen atoms in total. The van der Waals surface area contributed by atoms with E-state index in [4.69, 9.17) is 5.73 Å². The van der Waals surface area contributed by atoms with Crippen LogP contribution in [0.15, 0.2) is 17.5 Å². The van der Waals surface area contributed by atoms with E-state index >= 15 is 0 Å². The van der Waals surface area contributed by atoms with E-state index in [1.54, 1.807) is 11.3 Å². The number of rotatable bonds is 9. The molecule has 0 spiro atoms. The van der Waals surface area contributed by atoms with Crippen molar-refractivity contribution < 1.29 is 4.79 Å². The lowest BCUT2D eigenvalue weighted by Crippen LogP contribution is -2.42. The van der Waals surface area contributed by atoms with Crippen LogP contribution >= 0.6 is 11.3 Å². The van der Waals surface area contributed by atoms with E-state index in [9.17, 15) is 4.79 Å².